The number of rotatable bonds is 6. The van der Waals surface area contributed by atoms with Crippen molar-refractivity contribution in [2.45, 2.75) is 33.6 Å². The van der Waals surface area contributed by atoms with Gasteiger partial charge in [-0.25, -0.2) is 4.98 Å². The molecule has 1 aromatic carbocycles. The quantitative estimate of drug-likeness (QED) is 0.615. The van der Waals surface area contributed by atoms with Crippen LogP contribution in [0.15, 0.2) is 36.5 Å². The maximum Gasteiger partial charge on any atom is 0.270 e. The summed E-state index contributed by atoms with van der Waals surface area (Å²) in [4.78, 5) is 29.1. The number of carbonyl (C=O) groups is 2. The Morgan fingerprint density at radius 3 is 2.68 bits per heavy atom. The molecule has 3 aromatic rings. The fraction of sp³-hybridized carbons (Fsp3) is 0.286. The molecule has 0 spiro atoms. The number of hydrogen-bond acceptors (Lipinski definition) is 3. The summed E-state index contributed by atoms with van der Waals surface area (Å²) >= 11 is 6.07. The molecule has 0 radical (unpaired) electrons. The monoisotopic (exact) mass is 398 g/mol. The molecule has 3 rings (SSSR count). The highest BCUT2D eigenvalue weighted by molar-refractivity contribution is 6.31. The summed E-state index contributed by atoms with van der Waals surface area (Å²) in [6.45, 7) is 6.09. The lowest BCUT2D eigenvalue weighted by molar-refractivity contribution is -0.116. The van der Waals surface area contributed by atoms with E-state index >= 15 is 0 Å². The number of aryl methyl sites for hydroxylation is 3. The van der Waals surface area contributed by atoms with Gasteiger partial charge in [0.25, 0.3) is 5.91 Å². The van der Waals surface area contributed by atoms with E-state index < -0.39 is 0 Å². The Morgan fingerprint density at radius 1 is 1.14 bits per heavy atom. The maximum atomic E-state index is 12.6. The summed E-state index contributed by atoms with van der Waals surface area (Å²) in [5.74, 6) is -0.308. The van der Waals surface area contributed by atoms with Crippen LogP contribution in [0, 0.1) is 20.8 Å². The van der Waals surface area contributed by atoms with Crippen molar-refractivity contribution >= 4 is 34.7 Å². The maximum absolute atomic E-state index is 12.6. The lowest BCUT2D eigenvalue weighted by atomic mass is 10.2. The van der Waals surface area contributed by atoms with Gasteiger partial charge in [-0.2, -0.15) is 0 Å². The largest absolute Gasteiger partial charge is 0.351 e. The average Bonchev–Trinajstić information content (AvgIpc) is 2.99. The molecule has 2 amide bonds. The third-order valence-electron chi connectivity index (χ3n) is 4.56. The van der Waals surface area contributed by atoms with Gasteiger partial charge in [-0.15, -0.1) is 0 Å². The second kappa shape index (κ2) is 8.44. The number of carbonyl (C=O) groups excluding carboxylic acids is 2. The Bertz CT molecular complexity index is 1040. The van der Waals surface area contributed by atoms with E-state index in [1.54, 1.807) is 10.5 Å². The fourth-order valence-electron chi connectivity index (χ4n) is 3.02. The van der Waals surface area contributed by atoms with Gasteiger partial charge in [-0.3, -0.25) is 14.0 Å². The molecule has 2 heterocycles. The summed E-state index contributed by atoms with van der Waals surface area (Å²) in [5, 5.41) is 6.30. The van der Waals surface area contributed by atoms with Crippen molar-refractivity contribution in [2.75, 3.05) is 11.9 Å². The number of aromatic nitrogens is 2. The Morgan fingerprint density at radius 2 is 1.93 bits per heavy atom. The molecule has 0 unspecified atom stereocenters. The van der Waals surface area contributed by atoms with Gasteiger partial charge in [0.05, 0.1) is 5.69 Å². The predicted octanol–water partition coefficient (Wildman–Crippen LogP) is 4.06. The van der Waals surface area contributed by atoms with Gasteiger partial charge in [-0.1, -0.05) is 23.7 Å². The van der Waals surface area contributed by atoms with E-state index in [0.29, 0.717) is 41.5 Å². The molecule has 2 N–H and O–H groups in total. The zero-order valence-electron chi connectivity index (χ0n) is 16.2. The summed E-state index contributed by atoms with van der Waals surface area (Å²) < 4.78 is 1.80. The fourth-order valence-corrected chi connectivity index (χ4v) is 3.20. The highest BCUT2D eigenvalue weighted by Crippen LogP contribution is 2.20. The number of amides is 2. The Balaban J connectivity index is 1.52. The second-order valence-corrected chi connectivity index (χ2v) is 7.21. The number of pyridine rings is 1. The van der Waals surface area contributed by atoms with Crippen LogP contribution in [0.1, 0.15) is 40.2 Å². The van der Waals surface area contributed by atoms with E-state index in [0.717, 1.165) is 16.8 Å². The van der Waals surface area contributed by atoms with E-state index in [9.17, 15) is 9.59 Å². The minimum atomic E-state index is -0.193. The lowest BCUT2D eigenvalue weighted by Crippen LogP contribution is -2.27. The van der Waals surface area contributed by atoms with Crippen LogP contribution in [-0.4, -0.2) is 27.7 Å². The molecule has 28 heavy (non-hydrogen) atoms. The molecule has 0 aliphatic carbocycles. The normalized spacial score (nSPS) is 10.9. The van der Waals surface area contributed by atoms with Crippen LogP contribution < -0.4 is 10.6 Å². The van der Waals surface area contributed by atoms with E-state index in [1.807, 2.05) is 51.2 Å². The molecule has 0 aliphatic heterocycles. The van der Waals surface area contributed by atoms with Crippen molar-refractivity contribution in [3.8, 4) is 0 Å². The number of nitrogens with one attached hydrogen (secondary N) is 2. The first-order valence-electron chi connectivity index (χ1n) is 9.15. The smallest absolute Gasteiger partial charge is 0.270 e. The third kappa shape index (κ3) is 4.34. The second-order valence-electron chi connectivity index (χ2n) is 6.80. The van der Waals surface area contributed by atoms with Crippen LogP contribution >= 0.6 is 11.6 Å². The first-order chi connectivity index (χ1) is 13.4. The van der Waals surface area contributed by atoms with Gasteiger partial charge >= 0.3 is 0 Å². The van der Waals surface area contributed by atoms with Crippen LogP contribution in [0.4, 0.5) is 5.69 Å². The van der Waals surface area contributed by atoms with Crippen LogP contribution in [0.25, 0.3) is 5.65 Å². The van der Waals surface area contributed by atoms with Crippen molar-refractivity contribution in [3.63, 3.8) is 0 Å². The Labute approximate surface area is 168 Å². The van der Waals surface area contributed by atoms with Gasteiger partial charge in [0.2, 0.25) is 5.91 Å². The predicted molar refractivity (Wildman–Crippen MR) is 111 cm³/mol. The summed E-state index contributed by atoms with van der Waals surface area (Å²) in [6, 6.07) is 9.26. The van der Waals surface area contributed by atoms with Gasteiger partial charge in [0, 0.05) is 29.9 Å². The SMILES string of the molecule is Cc1ccc(NC(=O)CCCNC(=O)c2c(C)nc3c(C)cccn23)cc1Cl. The number of benzene rings is 1. The van der Waals surface area contributed by atoms with Crippen molar-refractivity contribution in [1.29, 1.82) is 0 Å². The lowest BCUT2D eigenvalue weighted by Gasteiger charge is -2.08. The number of imidazole rings is 1. The van der Waals surface area contributed by atoms with Gasteiger partial charge in [0.15, 0.2) is 0 Å². The molecule has 0 atom stereocenters. The van der Waals surface area contributed by atoms with E-state index in [4.69, 9.17) is 11.6 Å². The molecular weight excluding hydrogens is 376 g/mol. The topological polar surface area (TPSA) is 75.5 Å². The molecule has 0 saturated carbocycles. The first-order valence-corrected chi connectivity index (χ1v) is 9.53. The van der Waals surface area contributed by atoms with E-state index in [-0.39, 0.29) is 11.8 Å². The Kier molecular flexibility index (Phi) is 5.99. The zero-order chi connectivity index (χ0) is 20.3. The van der Waals surface area contributed by atoms with Gasteiger partial charge in [-0.05, 0) is 56.5 Å². The number of anilines is 1. The van der Waals surface area contributed by atoms with Crippen LogP contribution in [-0.2, 0) is 4.79 Å². The van der Waals surface area contributed by atoms with Gasteiger partial charge in [0.1, 0.15) is 11.3 Å². The molecule has 0 bridgehead atoms. The van der Waals surface area contributed by atoms with Gasteiger partial charge < -0.3 is 10.6 Å². The molecule has 0 aliphatic rings. The van der Waals surface area contributed by atoms with Crippen molar-refractivity contribution in [3.05, 3.63) is 64.1 Å². The minimum Gasteiger partial charge on any atom is -0.351 e. The minimum absolute atomic E-state index is 0.115. The zero-order valence-corrected chi connectivity index (χ0v) is 16.9. The molecular formula is C21H23ClN4O2. The molecule has 0 saturated heterocycles. The highest BCUT2D eigenvalue weighted by Gasteiger charge is 2.17. The number of nitrogens with zero attached hydrogens (tertiary/aromatic N) is 2. The standard InChI is InChI=1S/C21H23ClN4O2/c1-13-8-9-16(12-17(13)22)25-18(27)7-4-10-23-21(28)19-15(3)24-20-14(2)6-5-11-26(19)20/h5-6,8-9,11-12H,4,7,10H2,1-3H3,(H,23,28)(H,25,27). The Hall–Kier alpha value is -2.86. The van der Waals surface area contributed by atoms with Crippen molar-refractivity contribution in [1.82, 2.24) is 14.7 Å². The van der Waals surface area contributed by atoms with Crippen LogP contribution in [0.3, 0.4) is 0 Å². The summed E-state index contributed by atoms with van der Waals surface area (Å²) in [6.07, 6.45) is 2.67. The number of hydrogen-bond donors (Lipinski definition) is 2. The molecule has 2 aromatic heterocycles. The first kappa shape index (κ1) is 19.9. The van der Waals surface area contributed by atoms with Crippen molar-refractivity contribution in [2.24, 2.45) is 0 Å². The van der Waals surface area contributed by atoms with Crippen LogP contribution in [0.5, 0.6) is 0 Å². The average molecular weight is 399 g/mol. The summed E-state index contributed by atoms with van der Waals surface area (Å²) in [7, 11) is 0. The van der Waals surface area contributed by atoms with E-state index in [2.05, 4.69) is 15.6 Å². The van der Waals surface area contributed by atoms with E-state index in [1.165, 1.54) is 0 Å². The third-order valence-corrected chi connectivity index (χ3v) is 4.96. The molecule has 0 fully saturated rings. The molecule has 6 nitrogen and oxygen atoms in total. The molecule has 146 valence electrons. The highest BCUT2D eigenvalue weighted by atomic mass is 35.5. The summed E-state index contributed by atoms with van der Waals surface area (Å²) in [5.41, 5.74) is 4.62. The number of halogens is 1. The number of fused-ring (bicyclic) bond motifs is 1. The van der Waals surface area contributed by atoms with Crippen molar-refractivity contribution < 1.29 is 9.59 Å². The van der Waals surface area contributed by atoms with Crippen LogP contribution in [0.2, 0.25) is 5.02 Å². The molecule has 7 heteroatoms.